The maximum atomic E-state index is 12.5. The maximum absolute atomic E-state index is 12.5. The first-order valence-electron chi connectivity index (χ1n) is 7.77. The van der Waals surface area contributed by atoms with Crippen LogP contribution in [-0.2, 0) is 0 Å². The van der Waals surface area contributed by atoms with Gasteiger partial charge >= 0.3 is 0 Å². The highest BCUT2D eigenvalue weighted by Crippen LogP contribution is 2.27. The minimum atomic E-state index is -0.0579. The summed E-state index contributed by atoms with van der Waals surface area (Å²) in [5.74, 6) is 0.0947. The fourth-order valence-corrected chi connectivity index (χ4v) is 2.80. The fourth-order valence-electron chi connectivity index (χ4n) is 2.80. The molecule has 23 heavy (non-hydrogen) atoms. The van der Waals surface area contributed by atoms with Crippen molar-refractivity contribution in [2.45, 2.75) is 26.7 Å². The van der Waals surface area contributed by atoms with Crippen molar-refractivity contribution in [3.8, 4) is 0 Å². The molecule has 1 aromatic heterocycles. The van der Waals surface area contributed by atoms with Crippen LogP contribution in [0.25, 0.3) is 0 Å². The van der Waals surface area contributed by atoms with E-state index in [1.54, 1.807) is 10.9 Å². The van der Waals surface area contributed by atoms with Gasteiger partial charge in [-0.1, -0.05) is 43.3 Å². The Morgan fingerprint density at radius 2 is 1.78 bits per heavy atom. The van der Waals surface area contributed by atoms with E-state index in [1.807, 2.05) is 36.5 Å². The molecule has 3 heteroatoms. The first-order chi connectivity index (χ1) is 11.1. The molecule has 0 amide bonds. The van der Waals surface area contributed by atoms with E-state index in [9.17, 15) is 4.79 Å². The number of aromatic nitrogens is 2. The summed E-state index contributed by atoms with van der Waals surface area (Å²) >= 11 is 0. The molecule has 1 atom stereocenters. The number of rotatable bonds is 3. The van der Waals surface area contributed by atoms with Crippen LogP contribution in [-0.4, -0.2) is 15.5 Å². The summed E-state index contributed by atoms with van der Waals surface area (Å²) in [5.41, 5.74) is 5.37. The summed E-state index contributed by atoms with van der Waals surface area (Å²) in [6.45, 7) is 6.37. The van der Waals surface area contributed by atoms with E-state index in [-0.39, 0.29) is 11.8 Å². The van der Waals surface area contributed by atoms with Crippen molar-refractivity contribution in [2.24, 2.45) is 0 Å². The van der Waals surface area contributed by atoms with E-state index in [0.29, 0.717) is 5.56 Å². The molecular formula is C20H20N2O. The number of benzene rings is 2. The molecule has 3 nitrogen and oxygen atoms in total. The molecule has 1 heterocycles. The average Bonchev–Trinajstić information content (AvgIpc) is 3.07. The zero-order valence-corrected chi connectivity index (χ0v) is 13.7. The highest BCUT2D eigenvalue weighted by Gasteiger charge is 2.16. The largest absolute Gasteiger partial charge is 0.272 e. The number of nitrogens with zero attached hydrogens (tertiary/aromatic N) is 2. The van der Waals surface area contributed by atoms with Gasteiger partial charge < -0.3 is 0 Å². The van der Waals surface area contributed by atoms with Crippen LogP contribution in [0.15, 0.2) is 61.1 Å². The molecule has 3 aromatic rings. The number of imidazole rings is 1. The van der Waals surface area contributed by atoms with E-state index in [1.165, 1.54) is 16.7 Å². The van der Waals surface area contributed by atoms with Gasteiger partial charge in [0, 0.05) is 17.7 Å². The monoisotopic (exact) mass is 304 g/mol. The maximum Gasteiger partial charge on any atom is 0.263 e. The van der Waals surface area contributed by atoms with Gasteiger partial charge in [-0.3, -0.25) is 9.36 Å². The lowest BCUT2D eigenvalue weighted by Gasteiger charge is -2.14. The van der Waals surface area contributed by atoms with Gasteiger partial charge in [0.25, 0.3) is 5.91 Å². The third-order valence-corrected chi connectivity index (χ3v) is 4.41. The Labute approximate surface area is 136 Å². The van der Waals surface area contributed by atoms with Crippen molar-refractivity contribution in [1.29, 1.82) is 0 Å². The van der Waals surface area contributed by atoms with Crippen LogP contribution in [0.4, 0.5) is 0 Å². The summed E-state index contributed by atoms with van der Waals surface area (Å²) in [4.78, 5) is 16.9. The fraction of sp³-hybridized carbons (Fsp3) is 0.200. The van der Waals surface area contributed by atoms with Gasteiger partial charge in [-0.25, -0.2) is 4.98 Å². The first-order valence-corrected chi connectivity index (χ1v) is 7.77. The van der Waals surface area contributed by atoms with Crippen molar-refractivity contribution < 1.29 is 4.79 Å². The zero-order chi connectivity index (χ0) is 16.4. The smallest absolute Gasteiger partial charge is 0.263 e. The van der Waals surface area contributed by atoms with Crippen LogP contribution in [0.5, 0.6) is 0 Å². The summed E-state index contributed by atoms with van der Waals surface area (Å²) in [7, 11) is 0. The Hall–Kier alpha value is -2.68. The van der Waals surface area contributed by atoms with E-state index >= 15 is 0 Å². The molecule has 0 aliphatic rings. The molecule has 0 unspecified atom stereocenters. The summed E-state index contributed by atoms with van der Waals surface area (Å²) in [5, 5.41) is 0. The van der Waals surface area contributed by atoms with Crippen molar-refractivity contribution in [1.82, 2.24) is 9.55 Å². The Morgan fingerprint density at radius 1 is 1.04 bits per heavy atom. The molecule has 116 valence electrons. The molecular weight excluding hydrogens is 284 g/mol. The van der Waals surface area contributed by atoms with E-state index in [2.05, 4.69) is 44.0 Å². The van der Waals surface area contributed by atoms with Crippen LogP contribution < -0.4 is 0 Å². The molecule has 0 saturated heterocycles. The zero-order valence-electron chi connectivity index (χ0n) is 13.7. The quantitative estimate of drug-likeness (QED) is 0.721. The van der Waals surface area contributed by atoms with Crippen molar-refractivity contribution in [3.63, 3.8) is 0 Å². The minimum Gasteiger partial charge on any atom is -0.272 e. The normalized spacial score (nSPS) is 12.1. The number of carbonyl (C=O) groups excluding carboxylic acids is 1. The number of hydrogen-bond donors (Lipinski definition) is 0. The van der Waals surface area contributed by atoms with Crippen molar-refractivity contribution in [3.05, 3.63) is 89.0 Å². The molecule has 2 aromatic carbocycles. The molecule has 0 fully saturated rings. The second-order valence-electron chi connectivity index (χ2n) is 5.89. The number of carbonyl (C=O) groups is 1. The summed E-state index contributed by atoms with van der Waals surface area (Å²) < 4.78 is 1.56. The molecule has 0 bridgehead atoms. The van der Waals surface area contributed by atoms with Crippen LogP contribution in [0.3, 0.4) is 0 Å². The predicted molar refractivity (Wildman–Crippen MR) is 91.8 cm³/mol. The molecule has 0 aliphatic heterocycles. The Balaban J connectivity index is 1.90. The number of hydrogen-bond acceptors (Lipinski definition) is 2. The van der Waals surface area contributed by atoms with Gasteiger partial charge in [-0.15, -0.1) is 0 Å². The first kappa shape index (κ1) is 15.2. The van der Waals surface area contributed by atoms with Crippen LogP contribution in [0.2, 0.25) is 0 Å². The lowest BCUT2D eigenvalue weighted by Crippen LogP contribution is -2.09. The van der Waals surface area contributed by atoms with E-state index in [4.69, 9.17) is 0 Å². The van der Waals surface area contributed by atoms with Crippen LogP contribution in [0, 0.1) is 13.8 Å². The molecule has 0 saturated carbocycles. The third kappa shape index (κ3) is 2.95. The van der Waals surface area contributed by atoms with Crippen LogP contribution >= 0.6 is 0 Å². The lowest BCUT2D eigenvalue weighted by molar-refractivity contribution is 0.0959. The Kier molecular flexibility index (Phi) is 4.11. The average molecular weight is 304 g/mol. The summed E-state index contributed by atoms with van der Waals surface area (Å²) in [6.07, 6.45) is 3.44. The number of aryl methyl sites for hydroxylation is 1. The van der Waals surface area contributed by atoms with E-state index < -0.39 is 0 Å². The van der Waals surface area contributed by atoms with Gasteiger partial charge in [0.1, 0.15) is 6.33 Å². The molecule has 0 aliphatic carbocycles. The lowest BCUT2D eigenvalue weighted by atomic mass is 9.92. The second-order valence-corrected chi connectivity index (χ2v) is 5.89. The molecule has 3 rings (SSSR count). The topological polar surface area (TPSA) is 34.9 Å². The second kappa shape index (κ2) is 6.21. The summed E-state index contributed by atoms with van der Waals surface area (Å²) in [6, 6.07) is 15.6. The van der Waals surface area contributed by atoms with Gasteiger partial charge in [-0.2, -0.15) is 0 Å². The molecule has 0 radical (unpaired) electrons. The Bertz CT molecular complexity index is 834. The predicted octanol–water partition coefficient (Wildman–Crippen LogP) is 4.34. The van der Waals surface area contributed by atoms with Gasteiger partial charge in [0.2, 0.25) is 0 Å². The molecule has 0 N–H and O–H groups in total. The van der Waals surface area contributed by atoms with Crippen molar-refractivity contribution >= 4 is 5.91 Å². The van der Waals surface area contributed by atoms with Gasteiger partial charge in [0.05, 0.1) is 5.69 Å². The Morgan fingerprint density at radius 3 is 2.52 bits per heavy atom. The third-order valence-electron chi connectivity index (χ3n) is 4.41. The van der Waals surface area contributed by atoms with Crippen molar-refractivity contribution in [2.75, 3.05) is 0 Å². The highest BCUT2D eigenvalue weighted by molar-refractivity contribution is 5.95. The molecule has 0 spiro atoms. The standard InChI is InChI=1S/C20H20N2O/c1-14-8-7-11-18(15(14)2)16(3)19-12-22(13-21-19)20(23)17-9-5-4-6-10-17/h4-13,16H,1-3H3/t16-/m0/s1. The van der Waals surface area contributed by atoms with Gasteiger partial charge in [-0.05, 0) is 42.7 Å². The SMILES string of the molecule is Cc1cccc([C@H](C)c2cn(C(=O)c3ccccc3)cn2)c1C. The minimum absolute atomic E-state index is 0.0579. The van der Waals surface area contributed by atoms with E-state index in [0.717, 1.165) is 5.69 Å². The van der Waals surface area contributed by atoms with Crippen LogP contribution in [0.1, 0.15) is 45.6 Å². The van der Waals surface area contributed by atoms with Gasteiger partial charge in [0.15, 0.2) is 0 Å². The highest BCUT2D eigenvalue weighted by atomic mass is 16.2.